The maximum atomic E-state index is 6.03. The molecule has 0 aromatic rings. The number of hydrogen-bond donors (Lipinski definition) is 0. The molecule has 0 aliphatic heterocycles. The number of nitrogens with zero attached hydrogens (tertiary/aromatic N) is 1. The average Bonchev–Trinajstić information content (AvgIpc) is 2.16. The topological polar surface area (TPSA) is 18.5 Å². The molecule has 0 heterocycles. The van der Waals surface area contributed by atoms with Crippen LogP contribution < -0.4 is 0 Å². The minimum Gasteiger partial charge on any atom is -0.394 e. The van der Waals surface area contributed by atoms with Crippen molar-refractivity contribution in [1.29, 1.82) is 0 Å². The Morgan fingerprint density at radius 3 is 1.76 bits per heavy atom. The monoisotopic (exact) mass is 262 g/mol. The molecule has 17 heavy (non-hydrogen) atoms. The van der Waals surface area contributed by atoms with E-state index in [-0.39, 0.29) is 0 Å². The molecule has 0 saturated heterocycles. The molecule has 0 amide bonds. The highest BCUT2D eigenvalue weighted by atomic mass is 28.4. The molecular weight excluding hydrogens is 230 g/mol. The lowest BCUT2D eigenvalue weighted by molar-refractivity contribution is -0.870. The molecule has 0 rings (SSSR count). The van der Waals surface area contributed by atoms with Gasteiger partial charge in [0.2, 0.25) is 0 Å². The summed E-state index contributed by atoms with van der Waals surface area (Å²) in [5.41, 5.74) is 0. The van der Waals surface area contributed by atoms with Gasteiger partial charge in [0.1, 0.15) is 0 Å². The Morgan fingerprint density at radius 2 is 1.41 bits per heavy atom. The highest BCUT2D eigenvalue weighted by molar-refractivity contribution is 6.67. The van der Waals surface area contributed by atoms with Crippen LogP contribution in [0.25, 0.3) is 0 Å². The van der Waals surface area contributed by atoms with Gasteiger partial charge in [-0.15, -0.1) is 0 Å². The highest BCUT2D eigenvalue weighted by Gasteiger charge is 2.35. The van der Waals surface area contributed by atoms with Crippen LogP contribution in [0.5, 0.6) is 0 Å². The Bertz CT molecular complexity index is 175. The predicted octanol–water partition coefficient (Wildman–Crippen LogP) is 3.01. The molecule has 104 valence electrons. The van der Waals surface area contributed by atoms with Gasteiger partial charge in [-0.25, -0.2) is 0 Å². The molecule has 0 unspecified atom stereocenters. The van der Waals surface area contributed by atoms with Crippen molar-refractivity contribution < 1.29 is 13.3 Å². The maximum Gasteiger partial charge on any atom is 0.338 e. The quantitative estimate of drug-likeness (QED) is 0.445. The first kappa shape index (κ1) is 17.1. The second kappa shape index (κ2) is 8.24. The van der Waals surface area contributed by atoms with Crippen molar-refractivity contribution in [2.24, 2.45) is 0 Å². The SMILES string of the molecule is CCC[Si](CCC[N+](C)(C)C)(OCC)OCC. The molecule has 0 N–H and O–H groups in total. The Morgan fingerprint density at radius 1 is 0.882 bits per heavy atom. The molecule has 0 radical (unpaired) electrons. The Labute approximate surface area is 109 Å². The van der Waals surface area contributed by atoms with Crippen molar-refractivity contribution in [3.05, 3.63) is 0 Å². The van der Waals surface area contributed by atoms with Gasteiger partial charge in [-0.05, 0) is 32.4 Å². The molecule has 0 saturated carbocycles. The molecule has 3 nitrogen and oxygen atoms in total. The summed E-state index contributed by atoms with van der Waals surface area (Å²) in [5.74, 6) is 0. The van der Waals surface area contributed by atoms with E-state index >= 15 is 0 Å². The fraction of sp³-hybridized carbons (Fsp3) is 1.00. The van der Waals surface area contributed by atoms with Crippen LogP contribution in [0.1, 0.15) is 33.6 Å². The molecule has 0 aromatic carbocycles. The summed E-state index contributed by atoms with van der Waals surface area (Å²) in [6.45, 7) is 9.15. The van der Waals surface area contributed by atoms with E-state index in [1.807, 2.05) is 0 Å². The Kier molecular flexibility index (Phi) is 8.29. The van der Waals surface area contributed by atoms with Crippen molar-refractivity contribution in [2.75, 3.05) is 40.9 Å². The van der Waals surface area contributed by atoms with E-state index in [0.717, 1.165) is 36.2 Å². The summed E-state index contributed by atoms with van der Waals surface area (Å²) in [5, 5.41) is 0. The van der Waals surface area contributed by atoms with Crippen LogP contribution in [-0.2, 0) is 8.85 Å². The Hall–Kier alpha value is 0.0969. The molecule has 4 heteroatoms. The van der Waals surface area contributed by atoms with Crippen molar-refractivity contribution in [3.63, 3.8) is 0 Å². The zero-order valence-corrected chi connectivity index (χ0v) is 13.7. The summed E-state index contributed by atoms with van der Waals surface area (Å²) in [6, 6.07) is 2.27. The van der Waals surface area contributed by atoms with Gasteiger partial charge in [0.15, 0.2) is 0 Å². The summed E-state index contributed by atoms with van der Waals surface area (Å²) in [6.07, 6.45) is 2.37. The van der Waals surface area contributed by atoms with Gasteiger partial charge in [0.05, 0.1) is 27.7 Å². The molecular formula is C13H32NO2Si+. The van der Waals surface area contributed by atoms with E-state index < -0.39 is 8.56 Å². The zero-order chi connectivity index (χ0) is 13.4. The van der Waals surface area contributed by atoms with Crippen LogP contribution in [0.3, 0.4) is 0 Å². The molecule has 0 fully saturated rings. The smallest absolute Gasteiger partial charge is 0.338 e. The maximum absolute atomic E-state index is 6.03. The normalized spacial score (nSPS) is 13.1. The van der Waals surface area contributed by atoms with Crippen LogP contribution >= 0.6 is 0 Å². The lowest BCUT2D eigenvalue weighted by atomic mass is 10.4. The second-order valence-corrected chi connectivity index (χ2v) is 9.04. The third-order valence-corrected chi connectivity index (χ3v) is 6.84. The van der Waals surface area contributed by atoms with Gasteiger partial charge in [0, 0.05) is 13.2 Å². The number of hydrogen-bond acceptors (Lipinski definition) is 2. The largest absolute Gasteiger partial charge is 0.394 e. The van der Waals surface area contributed by atoms with Gasteiger partial charge in [-0.1, -0.05) is 13.3 Å². The third-order valence-electron chi connectivity index (χ3n) is 2.83. The summed E-state index contributed by atoms with van der Waals surface area (Å²) < 4.78 is 13.1. The zero-order valence-electron chi connectivity index (χ0n) is 12.7. The lowest BCUT2D eigenvalue weighted by Crippen LogP contribution is -2.44. The summed E-state index contributed by atoms with van der Waals surface area (Å²) in [4.78, 5) is 0. The van der Waals surface area contributed by atoms with Crippen LogP contribution in [0, 0.1) is 0 Å². The molecule has 0 aliphatic carbocycles. The highest BCUT2D eigenvalue weighted by Crippen LogP contribution is 2.23. The van der Waals surface area contributed by atoms with E-state index in [9.17, 15) is 0 Å². The first-order valence-corrected chi connectivity index (χ1v) is 9.20. The van der Waals surface area contributed by atoms with Crippen molar-refractivity contribution in [1.82, 2.24) is 0 Å². The van der Waals surface area contributed by atoms with Crippen molar-refractivity contribution >= 4 is 8.56 Å². The van der Waals surface area contributed by atoms with Gasteiger partial charge < -0.3 is 13.3 Å². The molecule has 0 spiro atoms. The third kappa shape index (κ3) is 7.92. The fourth-order valence-electron chi connectivity index (χ4n) is 2.19. The Balaban J connectivity index is 4.33. The number of rotatable bonds is 10. The first-order valence-electron chi connectivity index (χ1n) is 6.97. The van der Waals surface area contributed by atoms with Crippen LogP contribution in [-0.4, -0.2) is 53.9 Å². The molecule has 0 bridgehead atoms. The second-order valence-electron chi connectivity index (χ2n) is 5.64. The van der Waals surface area contributed by atoms with Gasteiger partial charge in [0.25, 0.3) is 0 Å². The van der Waals surface area contributed by atoms with Crippen molar-refractivity contribution in [3.8, 4) is 0 Å². The predicted molar refractivity (Wildman–Crippen MR) is 76.4 cm³/mol. The van der Waals surface area contributed by atoms with Gasteiger partial charge in [-0.2, -0.15) is 0 Å². The average molecular weight is 262 g/mol. The number of quaternary nitrogens is 1. The van der Waals surface area contributed by atoms with Crippen LogP contribution in [0.4, 0.5) is 0 Å². The van der Waals surface area contributed by atoms with E-state index in [1.165, 1.54) is 13.0 Å². The lowest BCUT2D eigenvalue weighted by Gasteiger charge is -2.31. The first-order chi connectivity index (χ1) is 7.89. The fourth-order valence-corrected chi connectivity index (χ4v) is 5.61. The summed E-state index contributed by atoms with van der Waals surface area (Å²) in [7, 11) is 4.82. The van der Waals surface area contributed by atoms with E-state index in [2.05, 4.69) is 41.9 Å². The standard InChI is InChI=1S/C13H32NO2Si/c1-7-12-17(15-8-2,16-9-3)13-10-11-14(4,5)6/h7-13H2,1-6H3/q+1. The molecule has 0 atom stereocenters. The van der Waals surface area contributed by atoms with Crippen LogP contribution in [0.15, 0.2) is 0 Å². The minimum absolute atomic E-state index is 0.788. The molecule has 0 aromatic heterocycles. The minimum atomic E-state index is -1.91. The van der Waals surface area contributed by atoms with E-state index in [1.54, 1.807) is 0 Å². The summed E-state index contributed by atoms with van der Waals surface area (Å²) >= 11 is 0. The van der Waals surface area contributed by atoms with E-state index in [4.69, 9.17) is 8.85 Å². The van der Waals surface area contributed by atoms with Crippen LogP contribution in [0.2, 0.25) is 12.1 Å². The van der Waals surface area contributed by atoms with Gasteiger partial charge >= 0.3 is 8.56 Å². The molecule has 0 aliphatic rings. The van der Waals surface area contributed by atoms with Crippen molar-refractivity contribution in [2.45, 2.75) is 45.7 Å². The van der Waals surface area contributed by atoms with Gasteiger partial charge in [-0.3, -0.25) is 0 Å². The van der Waals surface area contributed by atoms with E-state index in [0.29, 0.717) is 0 Å².